The fraction of sp³-hybridized carbons (Fsp3) is 0.364. The molecule has 1 amide bonds. The molecule has 1 aliphatic heterocycles. The lowest BCUT2D eigenvalue weighted by Crippen LogP contribution is -2.30. The minimum Gasteiger partial charge on any atom is -0.396 e. The summed E-state index contributed by atoms with van der Waals surface area (Å²) in [6.45, 7) is 0.520. The third kappa shape index (κ3) is 2.21. The van der Waals surface area contributed by atoms with Crippen LogP contribution in [0.5, 0.6) is 0 Å². The highest BCUT2D eigenvalue weighted by atomic mass is 19.1. The number of hydrogen-bond acceptors (Lipinski definition) is 3. The molecular weight excluding hydrogens is 230 g/mol. The lowest BCUT2D eigenvalue weighted by atomic mass is 10.1. The van der Waals surface area contributed by atoms with Gasteiger partial charge in [0.1, 0.15) is 11.6 Å². The first-order valence-electron chi connectivity index (χ1n) is 5.21. The van der Waals surface area contributed by atoms with Crippen molar-refractivity contribution in [1.29, 1.82) is 0 Å². The Bertz CT molecular complexity index is 465. The summed E-state index contributed by atoms with van der Waals surface area (Å²) in [6.07, 6.45) is -0.121. The van der Waals surface area contributed by atoms with Crippen molar-refractivity contribution in [3.63, 3.8) is 0 Å². The lowest BCUT2D eigenvalue weighted by molar-refractivity contribution is 0.0760. The van der Waals surface area contributed by atoms with Gasteiger partial charge < -0.3 is 15.7 Å². The predicted molar refractivity (Wildman–Crippen MR) is 57.3 cm³/mol. The Labute approximate surface area is 96.6 Å². The molecule has 0 spiro atoms. The number of carbonyl (C=O) groups excluding carboxylic acids is 1. The second-order valence-electron chi connectivity index (χ2n) is 4.05. The van der Waals surface area contributed by atoms with Gasteiger partial charge in [0.05, 0.1) is 17.4 Å². The fourth-order valence-corrected chi connectivity index (χ4v) is 1.83. The van der Waals surface area contributed by atoms with Crippen molar-refractivity contribution in [2.45, 2.75) is 12.5 Å². The summed E-state index contributed by atoms with van der Waals surface area (Å²) in [7, 11) is 0. The summed E-state index contributed by atoms with van der Waals surface area (Å²) in [5, 5.41) is 9.29. The van der Waals surface area contributed by atoms with Gasteiger partial charge in [0.15, 0.2) is 0 Å². The highest BCUT2D eigenvalue weighted by Gasteiger charge is 2.27. The zero-order chi connectivity index (χ0) is 12.6. The molecule has 92 valence electrons. The maximum atomic E-state index is 13.4. The molecule has 1 heterocycles. The molecule has 1 fully saturated rings. The van der Waals surface area contributed by atoms with E-state index in [1.54, 1.807) is 0 Å². The van der Waals surface area contributed by atoms with Crippen LogP contribution in [0.4, 0.5) is 14.5 Å². The molecule has 6 heteroatoms. The summed E-state index contributed by atoms with van der Waals surface area (Å²) >= 11 is 0. The molecule has 0 bridgehead atoms. The zero-order valence-corrected chi connectivity index (χ0v) is 8.99. The Balaban J connectivity index is 2.28. The number of nitrogen functional groups attached to an aromatic ring is 1. The topological polar surface area (TPSA) is 66.6 Å². The number of rotatable bonds is 1. The molecule has 1 aliphatic rings. The van der Waals surface area contributed by atoms with E-state index in [1.807, 2.05) is 0 Å². The fourth-order valence-electron chi connectivity index (χ4n) is 1.83. The zero-order valence-electron chi connectivity index (χ0n) is 8.99. The molecule has 0 saturated carbocycles. The molecular formula is C11H12F2N2O2. The van der Waals surface area contributed by atoms with Gasteiger partial charge in [-0.3, -0.25) is 4.79 Å². The van der Waals surface area contributed by atoms with Crippen molar-refractivity contribution < 1.29 is 18.7 Å². The van der Waals surface area contributed by atoms with Crippen LogP contribution in [0, 0.1) is 11.6 Å². The van der Waals surface area contributed by atoms with Gasteiger partial charge in [0.2, 0.25) is 0 Å². The lowest BCUT2D eigenvalue weighted by Gasteiger charge is -2.16. The van der Waals surface area contributed by atoms with E-state index in [1.165, 1.54) is 4.90 Å². The smallest absolute Gasteiger partial charge is 0.256 e. The van der Waals surface area contributed by atoms with E-state index in [0.717, 1.165) is 6.07 Å². The van der Waals surface area contributed by atoms with Gasteiger partial charge in [-0.25, -0.2) is 8.78 Å². The first-order valence-corrected chi connectivity index (χ1v) is 5.21. The Morgan fingerprint density at radius 3 is 2.71 bits per heavy atom. The highest BCUT2D eigenvalue weighted by Crippen LogP contribution is 2.20. The molecule has 0 aliphatic carbocycles. The molecule has 3 N–H and O–H groups in total. The number of amides is 1. The molecule has 1 aromatic carbocycles. The first kappa shape index (κ1) is 11.8. The number of benzene rings is 1. The van der Waals surface area contributed by atoms with Crippen molar-refractivity contribution in [3.8, 4) is 0 Å². The quantitative estimate of drug-likeness (QED) is 0.714. The van der Waals surface area contributed by atoms with Crippen molar-refractivity contribution in [3.05, 3.63) is 29.3 Å². The molecule has 0 radical (unpaired) electrons. The van der Waals surface area contributed by atoms with E-state index >= 15 is 0 Å². The minimum atomic E-state index is -0.942. The summed E-state index contributed by atoms with van der Waals surface area (Å²) in [6, 6.07) is 1.58. The number of hydrogen-bond donors (Lipinski definition) is 2. The van der Waals surface area contributed by atoms with Crippen LogP contribution in [-0.2, 0) is 0 Å². The highest BCUT2D eigenvalue weighted by molar-refractivity contribution is 5.95. The van der Waals surface area contributed by atoms with Crippen LogP contribution in [-0.4, -0.2) is 35.1 Å². The molecule has 0 aromatic heterocycles. The number of aliphatic hydroxyl groups is 1. The maximum absolute atomic E-state index is 13.4. The van der Waals surface area contributed by atoms with Crippen molar-refractivity contribution in [1.82, 2.24) is 4.90 Å². The molecule has 1 unspecified atom stereocenters. The van der Waals surface area contributed by atoms with E-state index in [-0.39, 0.29) is 17.8 Å². The van der Waals surface area contributed by atoms with Crippen LogP contribution in [0.25, 0.3) is 0 Å². The van der Waals surface area contributed by atoms with Gasteiger partial charge >= 0.3 is 0 Å². The van der Waals surface area contributed by atoms with Gasteiger partial charge in [-0.05, 0) is 12.5 Å². The van der Waals surface area contributed by atoms with Crippen LogP contribution < -0.4 is 5.73 Å². The molecule has 17 heavy (non-hydrogen) atoms. The monoisotopic (exact) mass is 242 g/mol. The number of nitrogens with zero attached hydrogens (tertiary/aromatic N) is 1. The Hall–Kier alpha value is -1.69. The molecule has 1 atom stereocenters. The second kappa shape index (κ2) is 4.29. The third-order valence-corrected chi connectivity index (χ3v) is 2.77. The largest absolute Gasteiger partial charge is 0.396 e. The standard InChI is InChI=1S/C11H12F2N2O2/c12-8-4-9(13)10(14)3-7(8)11(17)15-2-1-6(16)5-15/h3-4,6,16H,1-2,5,14H2. The number of anilines is 1. The molecule has 1 aromatic rings. The van der Waals surface area contributed by atoms with E-state index in [2.05, 4.69) is 0 Å². The van der Waals surface area contributed by atoms with Crippen molar-refractivity contribution in [2.24, 2.45) is 0 Å². The Morgan fingerprint density at radius 2 is 2.12 bits per heavy atom. The van der Waals surface area contributed by atoms with Crippen molar-refractivity contribution >= 4 is 11.6 Å². The summed E-state index contributed by atoms with van der Waals surface area (Å²) in [5.41, 5.74) is 4.76. The minimum absolute atomic E-state index is 0.162. The number of likely N-dealkylation sites (tertiary alicyclic amines) is 1. The van der Waals surface area contributed by atoms with Crippen molar-refractivity contribution in [2.75, 3.05) is 18.8 Å². The summed E-state index contributed by atoms with van der Waals surface area (Å²) < 4.78 is 26.4. The van der Waals surface area contributed by atoms with Gasteiger partial charge in [0.25, 0.3) is 5.91 Å². The SMILES string of the molecule is Nc1cc(C(=O)N2CCC(O)C2)c(F)cc1F. The van der Waals surface area contributed by atoms with Crippen LogP contribution in [0.3, 0.4) is 0 Å². The van der Waals surface area contributed by atoms with Gasteiger partial charge in [-0.1, -0.05) is 0 Å². The van der Waals surface area contributed by atoms with Gasteiger partial charge in [-0.2, -0.15) is 0 Å². The molecule has 2 rings (SSSR count). The average molecular weight is 242 g/mol. The molecule has 4 nitrogen and oxygen atoms in total. The predicted octanol–water partition coefficient (Wildman–Crippen LogP) is 0.754. The Kier molecular flexibility index (Phi) is 2.97. The van der Waals surface area contributed by atoms with E-state index in [4.69, 9.17) is 5.73 Å². The second-order valence-corrected chi connectivity index (χ2v) is 4.05. The third-order valence-electron chi connectivity index (χ3n) is 2.77. The van der Waals surface area contributed by atoms with Gasteiger partial charge in [0, 0.05) is 19.2 Å². The summed E-state index contributed by atoms with van der Waals surface area (Å²) in [4.78, 5) is 13.2. The number of β-amino-alcohol motifs (C(OH)–C–C–N with tert-alkyl or cyclic N) is 1. The average Bonchev–Trinajstić information content (AvgIpc) is 2.69. The Morgan fingerprint density at radius 1 is 1.41 bits per heavy atom. The number of aliphatic hydroxyl groups excluding tert-OH is 1. The van der Waals surface area contributed by atoms with E-state index in [9.17, 15) is 18.7 Å². The maximum Gasteiger partial charge on any atom is 0.256 e. The normalized spacial score (nSPS) is 19.7. The van der Waals surface area contributed by atoms with Crippen LogP contribution in [0.1, 0.15) is 16.8 Å². The number of halogens is 2. The number of carbonyl (C=O) groups is 1. The van der Waals surface area contributed by atoms with E-state index < -0.39 is 23.6 Å². The van der Waals surface area contributed by atoms with E-state index in [0.29, 0.717) is 19.0 Å². The number of nitrogens with two attached hydrogens (primary N) is 1. The molecule has 1 saturated heterocycles. The van der Waals surface area contributed by atoms with Crippen LogP contribution >= 0.6 is 0 Å². The van der Waals surface area contributed by atoms with Crippen LogP contribution in [0.15, 0.2) is 12.1 Å². The summed E-state index contributed by atoms with van der Waals surface area (Å²) in [5.74, 6) is -2.41. The van der Waals surface area contributed by atoms with Crippen LogP contribution in [0.2, 0.25) is 0 Å². The van der Waals surface area contributed by atoms with Gasteiger partial charge in [-0.15, -0.1) is 0 Å². The first-order chi connectivity index (χ1) is 7.99.